The molecule has 1 aliphatic heterocycles. The summed E-state index contributed by atoms with van der Waals surface area (Å²) in [5, 5.41) is 3.26. The molecule has 5 heteroatoms. The lowest BCUT2D eigenvalue weighted by molar-refractivity contribution is -0.118. The Labute approximate surface area is 130 Å². The largest absolute Gasteiger partial charge is 0.377 e. The van der Waals surface area contributed by atoms with Gasteiger partial charge in [-0.1, -0.05) is 18.2 Å². The SMILES string of the molecule is CN1C(=O)CC(Nc2cc(F)ccc2Br)c2ccccc21. The molecule has 1 unspecified atom stereocenters. The van der Waals surface area contributed by atoms with Crippen molar-refractivity contribution in [2.75, 3.05) is 17.3 Å². The van der Waals surface area contributed by atoms with Gasteiger partial charge in [0.1, 0.15) is 5.82 Å². The maximum atomic E-state index is 13.4. The Morgan fingerprint density at radius 2 is 2.05 bits per heavy atom. The van der Waals surface area contributed by atoms with E-state index in [1.54, 1.807) is 18.0 Å². The van der Waals surface area contributed by atoms with Gasteiger partial charge in [0.2, 0.25) is 5.91 Å². The van der Waals surface area contributed by atoms with Gasteiger partial charge < -0.3 is 10.2 Å². The van der Waals surface area contributed by atoms with Crippen molar-refractivity contribution in [3.05, 3.63) is 58.3 Å². The Hall–Kier alpha value is -1.88. The summed E-state index contributed by atoms with van der Waals surface area (Å²) in [5.41, 5.74) is 2.57. The zero-order valence-corrected chi connectivity index (χ0v) is 13.0. The maximum Gasteiger partial charge on any atom is 0.229 e. The zero-order chi connectivity index (χ0) is 15.0. The Kier molecular flexibility index (Phi) is 3.68. The van der Waals surface area contributed by atoms with Gasteiger partial charge >= 0.3 is 0 Å². The normalized spacial score (nSPS) is 17.6. The second kappa shape index (κ2) is 5.48. The van der Waals surface area contributed by atoms with Gasteiger partial charge in [-0.3, -0.25) is 4.79 Å². The van der Waals surface area contributed by atoms with Crippen LogP contribution in [0.5, 0.6) is 0 Å². The van der Waals surface area contributed by atoms with E-state index >= 15 is 0 Å². The second-order valence-corrected chi connectivity index (χ2v) is 5.89. The minimum absolute atomic E-state index is 0.0405. The van der Waals surface area contributed by atoms with Crippen LogP contribution in [0.1, 0.15) is 18.0 Å². The van der Waals surface area contributed by atoms with Gasteiger partial charge in [0.15, 0.2) is 0 Å². The van der Waals surface area contributed by atoms with Crippen LogP contribution in [-0.2, 0) is 4.79 Å². The molecule has 2 aromatic rings. The van der Waals surface area contributed by atoms with E-state index in [0.29, 0.717) is 12.1 Å². The molecule has 1 atom stereocenters. The molecule has 1 aliphatic rings. The van der Waals surface area contributed by atoms with Crippen LogP contribution in [0.4, 0.5) is 15.8 Å². The van der Waals surface area contributed by atoms with Gasteiger partial charge in [-0.2, -0.15) is 0 Å². The average molecular weight is 349 g/mol. The minimum Gasteiger partial charge on any atom is -0.377 e. The minimum atomic E-state index is -0.312. The third-order valence-electron chi connectivity index (χ3n) is 3.68. The number of hydrogen-bond acceptors (Lipinski definition) is 2. The van der Waals surface area contributed by atoms with E-state index in [4.69, 9.17) is 0 Å². The number of para-hydroxylation sites is 1. The number of halogens is 2. The average Bonchev–Trinajstić information content (AvgIpc) is 2.48. The van der Waals surface area contributed by atoms with Crippen molar-refractivity contribution in [2.24, 2.45) is 0 Å². The summed E-state index contributed by atoms with van der Waals surface area (Å²) in [6, 6.07) is 12.1. The summed E-state index contributed by atoms with van der Waals surface area (Å²) in [6.45, 7) is 0. The topological polar surface area (TPSA) is 32.3 Å². The van der Waals surface area contributed by atoms with Crippen molar-refractivity contribution in [1.29, 1.82) is 0 Å². The molecule has 1 heterocycles. The van der Waals surface area contributed by atoms with Crippen molar-refractivity contribution in [2.45, 2.75) is 12.5 Å². The van der Waals surface area contributed by atoms with Crippen LogP contribution in [0.2, 0.25) is 0 Å². The molecule has 21 heavy (non-hydrogen) atoms. The highest BCUT2D eigenvalue weighted by Gasteiger charge is 2.29. The highest BCUT2D eigenvalue weighted by Crippen LogP contribution is 2.37. The van der Waals surface area contributed by atoms with Gasteiger partial charge in [-0.25, -0.2) is 4.39 Å². The Balaban J connectivity index is 1.98. The fourth-order valence-corrected chi connectivity index (χ4v) is 2.93. The number of hydrogen-bond donors (Lipinski definition) is 1. The molecule has 0 saturated carbocycles. The molecule has 0 saturated heterocycles. The van der Waals surface area contributed by atoms with E-state index in [0.717, 1.165) is 15.7 Å². The van der Waals surface area contributed by atoms with Crippen molar-refractivity contribution >= 4 is 33.2 Å². The van der Waals surface area contributed by atoms with Crippen LogP contribution in [0.15, 0.2) is 46.9 Å². The molecule has 3 nitrogen and oxygen atoms in total. The number of rotatable bonds is 2. The van der Waals surface area contributed by atoms with Crippen molar-refractivity contribution in [3.63, 3.8) is 0 Å². The standard InChI is InChI=1S/C16H14BrFN2O/c1-20-15-5-3-2-4-11(15)13(9-16(20)21)19-14-8-10(18)6-7-12(14)17/h2-8,13,19H,9H2,1H3. The molecular weight excluding hydrogens is 335 g/mol. The number of nitrogens with zero attached hydrogens (tertiary/aromatic N) is 1. The molecule has 3 rings (SSSR count). The van der Waals surface area contributed by atoms with Gasteiger partial charge in [0.05, 0.1) is 18.2 Å². The molecule has 0 radical (unpaired) electrons. The summed E-state index contributed by atoms with van der Waals surface area (Å²) >= 11 is 3.40. The van der Waals surface area contributed by atoms with Crippen LogP contribution in [0.25, 0.3) is 0 Å². The molecule has 1 N–H and O–H groups in total. The predicted molar refractivity (Wildman–Crippen MR) is 84.9 cm³/mol. The van der Waals surface area contributed by atoms with E-state index in [1.807, 2.05) is 24.3 Å². The zero-order valence-electron chi connectivity index (χ0n) is 11.4. The summed E-state index contributed by atoms with van der Waals surface area (Å²) in [4.78, 5) is 13.8. The van der Waals surface area contributed by atoms with Crippen LogP contribution >= 0.6 is 15.9 Å². The number of anilines is 2. The fourth-order valence-electron chi connectivity index (χ4n) is 2.57. The summed E-state index contributed by atoms with van der Waals surface area (Å²) in [5.74, 6) is -0.271. The van der Waals surface area contributed by atoms with E-state index < -0.39 is 0 Å². The molecule has 0 aromatic heterocycles. The molecule has 0 bridgehead atoms. The fraction of sp³-hybridized carbons (Fsp3) is 0.188. The molecule has 0 aliphatic carbocycles. The first-order valence-electron chi connectivity index (χ1n) is 6.63. The Bertz CT molecular complexity index is 704. The Morgan fingerprint density at radius 1 is 1.29 bits per heavy atom. The number of benzene rings is 2. The quantitative estimate of drug-likeness (QED) is 0.885. The molecule has 0 spiro atoms. The third kappa shape index (κ3) is 2.65. The summed E-state index contributed by atoms with van der Waals surface area (Å²) in [6.07, 6.45) is 0.344. The lowest BCUT2D eigenvalue weighted by Crippen LogP contribution is -2.35. The lowest BCUT2D eigenvalue weighted by atomic mass is 9.96. The van der Waals surface area contributed by atoms with E-state index in [1.165, 1.54) is 12.1 Å². The van der Waals surface area contributed by atoms with Gasteiger partial charge in [-0.05, 0) is 45.8 Å². The molecule has 0 fully saturated rings. The van der Waals surface area contributed by atoms with Gasteiger partial charge in [0, 0.05) is 17.2 Å². The van der Waals surface area contributed by atoms with E-state index in [9.17, 15) is 9.18 Å². The van der Waals surface area contributed by atoms with Crippen LogP contribution in [-0.4, -0.2) is 13.0 Å². The second-order valence-electron chi connectivity index (χ2n) is 5.04. The van der Waals surface area contributed by atoms with Crippen LogP contribution in [0.3, 0.4) is 0 Å². The van der Waals surface area contributed by atoms with E-state index in [2.05, 4.69) is 21.2 Å². The highest BCUT2D eigenvalue weighted by atomic mass is 79.9. The van der Waals surface area contributed by atoms with Crippen LogP contribution in [0, 0.1) is 5.82 Å². The first-order chi connectivity index (χ1) is 10.1. The molecule has 2 aromatic carbocycles. The van der Waals surface area contributed by atoms with Crippen LogP contribution < -0.4 is 10.2 Å². The number of carbonyl (C=O) groups is 1. The predicted octanol–water partition coefficient (Wildman–Crippen LogP) is 4.11. The first-order valence-corrected chi connectivity index (χ1v) is 7.42. The number of nitrogens with one attached hydrogen (secondary N) is 1. The van der Waals surface area contributed by atoms with Gasteiger partial charge in [0.25, 0.3) is 0 Å². The first kappa shape index (κ1) is 14.1. The molecule has 108 valence electrons. The van der Waals surface area contributed by atoms with E-state index in [-0.39, 0.29) is 17.8 Å². The monoisotopic (exact) mass is 348 g/mol. The van der Waals surface area contributed by atoms with Crippen molar-refractivity contribution < 1.29 is 9.18 Å². The molecule has 1 amide bonds. The number of fused-ring (bicyclic) bond motifs is 1. The number of amides is 1. The highest BCUT2D eigenvalue weighted by molar-refractivity contribution is 9.10. The third-order valence-corrected chi connectivity index (χ3v) is 4.38. The van der Waals surface area contributed by atoms with Gasteiger partial charge in [-0.15, -0.1) is 0 Å². The maximum absolute atomic E-state index is 13.4. The smallest absolute Gasteiger partial charge is 0.229 e. The lowest BCUT2D eigenvalue weighted by Gasteiger charge is -2.32. The van der Waals surface area contributed by atoms with Crippen molar-refractivity contribution in [3.8, 4) is 0 Å². The number of carbonyl (C=O) groups excluding carboxylic acids is 1. The molecular formula is C16H14BrFN2O. The summed E-state index contributed by atoms with van der Waals surface area (Å²) in [7, 11) is 1.77. The van der Waals surface area contributed by atoms with Crippen molar-refractivity contribution in [1.82, 2.24) is 0 Å². The Morgan fingerprint density at radius 3 is 2.86 bits per heavy atom. The summed E-state index contributed by atoms with van der Waals surface area (Å²) < 4.78 is 14.2.